The van der Waals surface area contributed by atoms with Crippen LogP contribution in [0.3, 0.4) is 0 Å². The average molecular weight is 216 g/mol. The lowest BCUT2D eigenvalue weighted by molar-refractivity contribution is -0.122. The van der Waals surface area contributed by atoms with Gasteiger partial charge >= 0.3 is 0 Å². The largest absolute Gasteiger partial charge is 0.369 e. The number of hydrogen-bond acceptors (Lipinski definition) is 4. The second kappa shape index (κ2) is 7.19. The van der Waals surface area contributed by atoms with Crippen LogP contribution in [0, 0.1) is 0 Å². The Morgan fingerprint density at radius 2 is 1.67 bits per heavy atom. The molecule has 15 heavy (non-hydrogen) atoms. The number of nitrogens with zero attached hydrogens (tertiary/aromatic N) is 1. The normalized spacial score (nSPS) is 12.7. The fourth-order valence-electron chi connectivity index (χ4n) is 1.55. The highest BCUT2D eigenvalue weighted by Gasteiger charge is 2.19. The quantitative estimate of drug-likeness (QED) is 0.452. The summed E-state index contributed by atoms with van der Waals surface area (Å²) in [5, 5.41) is 0. The molecule has 1 unspecified atom stereocenters. The van der Waals surface area contributed by atoms with Crippen molar-refractivity contribution in [2.75, 3.05) is 19.6 Å². The second-order valence-corrected chi connectivity index (χ2v) is 3.48. The predicted octanol–water partition coefficient (Wildman–Crippen LogP) is -1.61. The van der Waals surface area contributed by atoms with Gasteiger partial charge in [0.25, 0.3) is 0 Å². The molecule has 0 bridgehead atoms. The van der Waals surface area contributed by atoms with Gasteiger partial charge in [0.2, 0.25) is 11.8 Å². The number of nitrogens with two attached hydrogens (primary N) is 3. The molecule has 6 N–H and O–H groups in total. The van der Waals surface area contributed by atoms with Crippen molar-refractivity contribution in [3.8, 4) is 0 Å². The first-order valence-electron chi connectivity index (χ1n) is 5.02. The van der Waals surface area contributed by atoms with Crippen molar-refractivity contribution in [1.29, 1.82) is 0 Å². The second-order valence-electron chi connectivity index (χ2n) is 3.48. The van der Waals surface area contributed by atoms with Crippen molar-refractivity contribution < 1.29 is 9.59 Å². The van der Waals surface area contributed by atoms with Crippen molar-refractivity contribution in [3.05, 3.63) is 0 Å². The minimum atomic E-state index is -0.466. The molecule has 0 rings (SSSR count). The van der Waals surface area contributed by atoms with E-state index in [0.29, 0.717) is 6.54 Å². The number of amides is 2. The third-order valence-corrected chi connectivity index (χ3v) is 2.21. The first-order valence-corrected chi connectivity index (χ1v) is 5.02. The lowest BCUT2D eigenvalue weighted by Crippen LogP contribution is -2.46. The maximum absolute atomic E-state index is 10.8. The number of hydrogen-bond donors (Lipinski definition) is 3. The number of carbonyl (C=O) groups excluding carboxylic acids is 2. The predicted molar refractivity (Wildman–Crippen MR) is 57.7 cm³/mol. The Morgan fingerprint density at radius 1 is 1.20 bits per heavy atom. The van der Waals surface area contributed by atoms with Crippen LogP contribution in [0.5, 0.6) is 0 Å². The number of carbonyl (C=O) groups is 2. The van der Waals surface area contributed by atoms with Gasteiger partial charge in [0.15, 0.2) is 0 Å². The summed E-state index contributed by atoms with van der Waals surface area (Å²) in [6, 6.07) is 0.0787. The van der Waals surface area contributed by atoms with Gasteiger partial charge in [-0.15, -0.1) is 0 Å². The minimum absolute atomic E-state index is 0.0431. The Bertz CT molecular complexity index is 204. The molecule has 0 heterocycles. The zero-order valence-corrected chi connectivity index (χ0v) is 9.11. The number of rotatable bonds is 8. The molecule has 6 nitrogen and oxygen atoms in total. The Balaban J connectivity index is 4.41. The lowest BCUT2D eigenvalue weighted by Gasteiger charge is -2.28. The van der Waals surface area contributed by atoms with Crippen molar-refractivity contribution in [2.45, 2.75) is 25.8 Å². The van der Waals surface area contributed by atoms with Crippen molar-refractivity contribution in [1.82, 2.24) is 4.90 Å². The highest BCUT2D eigenvalue weighted by Crippen LogP contribution is 2.07. The average Bonchev–Trinajstić information content (AvgIpc) is 2.11. The first-order chi connectivity index (χ1) is 7.01. The van der Waals surface area contributed by atoms with Gasteiger partial charge < -0.3 is 17.2 Å². The molecule has 0 saturated carbocycles. The van der Waals surface area contributed by atoms with Crippen molar-refractivity contribution in [3.63, 3.8) is 0 Å². The molecule has 0 aromatic heterocycles. The van der Waals surface area contributed by atoms with E-state index in [0.717, 1.165) is 12.8 Å². The van der Waals surface area contributed by atoms with Crippen LogP contribution in [-0.2, 0) is 9.59 Å². The van der Waals surface area contributed by atoms with Gasteiger partial charge in [-0.3, -0.25) is 14.5 Å². The lowest BCUT2D eigenvalue weighted by atomic mass is 10.1. The standard InChI is InChI=1S/C9H20N4O2/c1-2-7(3-4-10)13(5-8(11)14)6-9(12)15/h7H,2-6,10H2,1H3,(H2,11,14)(H2,12,15). The molecule has 88 valence electrons. The molecule has 0 aliphatic rings. The molecule has 1 atom stereocenters. The summed E-state index contributed by atoms with van der Waals surface area (Å²) < 4.78 is 0. The van der Waals surface area contributed by atoms with Crippen LogP contribution in [0.4, 0.5) is 0 Å². The highest BCUT2D eigenvalue weighted by molar-refractivity contribution is 5.79. The van der Waals surface area contributed by atoms with Gasteiger partial charge in [-0.1, -0.05) is 6.92 Å². The van der Waals surface area contributed by atoms with Gasteiger partial charge in [-0.25, -0.2) is 0 Å². The summed E-state index contributed by atoms with van der Waals surface area (Å²) in [5.74, 6) is -0.932. The molecule has 6 heteroatoms. The number of primary amides is 2. The molecule has 2 amide bonds. The molecule has 0 radical (unpaired) electrons. The van der Waals surface area contributed by atoms with E-state index in [-0.39, 0.29) is 19.1 Å². The van der Waals surface area contributed by atoms with Gasteiger partial charge in [0.05, 0.1) is 13.1 Å². The summed E-state index contributed by atoms with van der Waals surface area (Å²) in [6.07, 6.45) is 1.52. The summed E-state index contributed by atoms with van der Waals surface area (Å²) in [4.78, 5) is 23.3. The van der Waals surface area contributed by atoms with Gasteiger partial charge in [-0.2, -0.15) is 0 Å². The van der Waals surface area contributed by atoms with E-state index in [1.54, 1.807) is 4.90 Å². The maximum Gasteiger partial charge on any atom is 0.231 e. The van der Waals surface area contributed by atoms with Crippen LogP contribution in [0.15, 0.2) is 0 Å². The third-order valence-electron chi connectivity index (χ3n) is 2.21. The first kappa shape index (κ1) is 13.9. The zero-order chi connectivity index (χ0) is 11.8. The third kappa shape index (κ3) is 6.03. The van der Waals surface area contributed by atoms with Crippen molar-refractivity contribution >= 4 is 11.8 Å². The van der Waals surface area contributed by atoms with Crippen LogP contribution < -0.4 is 17.2 Å². The van der Waals surface area contributed by atoms with E-state index in [9.17, 15) is 9.59 Å². The van der Waals surface area contributed by atoms with Crippen LogP contribution >= 0.6 is 0 Å². The monoisotopic (exact) mass is 216 g/mol. The van der Waals surface area contributed by atoms with Crippen LogP contribution in [0.25, 0.3) is 0 Å². The summed E-state index contributed by atoms with van der Waals surface area (Å²) in [6.45, 7) is 2.56. The molecule has 0 aliphatic heterocycles. The van der Waals surface area contributed by atoms with E-state index in [4.69, 9.17) is 17.2 Å². The summed E-state index contributed by atoms with van der Waals surface area (Å²) in [7, 11) is 0. The topological polar surface area (TPSA) is 115 Å². The molecule has 0 aromatic carbocycles. The fourth-order valence-corrected chi connectivity index (χ4v) is 1.55. The van der Waals surface area contributed by atoms with Crippen LogP contribution in [0.1, 0.15) is 19.8 Å². The highest BCUT2D eigenvalue weighted by atomic mass is 16.2. The fraction of sp³-hybridized carbons (Fsp3) is 0.778. The Morgan fingerprint density at radius 3 is 1.93 bits per heavy atom. The maximum atomic E-state index is 10.8. The zero-order valence-electron chi connectivity index (χ0n) is 9.11. The van der Waals surface area contributed by atoms with Gasteiger partial charge in [0.1, 0.15) is 0 Å². The molecular weight excluding hydrogens is 196 g/mol. The summed E-state index contributed by atoms with van der Waals surface area (Å²) >= 11 is 0. The Hall–Kier alpha value is -1.14. The van der Waals surface area contributed by atoms with Gasteiger partial charge in [-0.05, 0) is 19.4 Å². The smallest absolute Gasteiger partial charge is 0.231 e. The van der Waals surface area contributed by atoms with E-state index in [1.165, 1.54) is 0 Å². The molecule has 0 saturated heterocycles. The molecule has 0 aliphatic carbocycles. The minimum Gasteiger partial charge on any atom is -0.369 e. The molecule has 0 fully saturated rings. The van der Waals surface area contributed by atoms with E-state index < -0.39 is 11.8 Å². The Kier molecular flexibility index (Phi) is 6.64. The molecule has 0 spiro atoms. The summed E-state index contributed by atoms with van der Waals surface area (Å²) in [5.41, 5.74) is 15.6. The molecule has 0 aromatic rings. The molecular formula is C9H20N4O2. The SMILES string of the molecule is CCC(CCN)N(CC(N)=O)CC(N)=O. The van der Waals surface area contributed by atoms with E-state index in [2.05, 4.69) is 0 Å². The van der Waals surface area contributed by atoms with E-state index in [1.807, 2.05) is 6.92 Å². The van der Waals surface area contributed by atoms with Crippen LogP contribution in [-0.4, -0.2) is 42.4 Å². The van der Waals surface area contributed by atoms with Crippen molar-refractivity contribution in [2.24, 2.45) is 17.2 Å². The van der Waals surface area contributed by atoms with Crippen LogP contribution in [0.2, 0.25) is 0 Å². The Labute approximate surface area is 89.8 Å². The van der Waals surface area contributed by atoms with Gasteiger partial charge in [0, 0.05) is 6.04 Å². The van der Waals surface area contributed by atoms with E-state index >= 15 is 0 Å².